The highest BCUT2D eigenvalue weighted by Crippen LogP contribution is 2.24. The lowest BCUT2D eigenvalue weighted by Crippen LogP contribution is -2.40. The highest BCUT2D eigenvalue weighted by atomic mass is 16.5. The van der Waals surface area contributed by atoms with Crippen molar-refractivity contribution in [2.75, 3.05) is 13.7 Å². The molecule has 0 saturated heterocycles. The molecule has 1 aliphatic heterocycles. The third kappa shape index (κ3) is 3.75. The first-order chi connectivity index (χ1) is 15.6. The van der Waals surface area contributed by atoms with Gasteiger partial charge in [-0.1, -0.05) is 30.3 Å². The third-order valence-electron chi connectivity index (χ3n) is 5.84. The largest absolute Gasteiger partial charge is 0.377 e. The van der Waals surface area contributed by atoms with Gasteiger partial charge in [0.05, 0.1) is 24.5 Å². The summed E-state index contributed by atoms with van der Waals surface area (Å²) in [6, 6.07) is 12.2. The zero-order valence-electron chi connectivity index (χ0n) is 18.2. The van der Waals surface area contributed by atoms with Gasteiger partial charge < -0.3 is 18.8 Å². The summed E-state index contributed by atoms with van der Waals surface area (Å²) in [5.41, 5.74) is 3.30. The molecule has 0 N–H and O–H groups in total. The number of carbonyl (C=O) groups is 1. The van der Waals surface area contributed by atoms with Gasteiger partial charge in [0.1, 0.15) is 12.1 Å². The van der Waals surface area contributed by atoms with Crippen molar-refractivity contribution >= 4 is 17.1 Å². The van der Waals surface area contributed by atoms with Gasteiger partial charge in [0.15, 0.2) is 17.3 Å². The molecule has 32 heavy (non-hydrogen) atoms. The van der Waals surface area contributed by atoms with Crippen molar-refractivity contribution in [2.24, 2.45) is 0 Å². The van der Waals surface area contributed by atoms with Crippen LogP contribution in [-0.2, 0) is 30.9 Å². The van der Waals surface area contributed by atoms with Crippen molar-refractivity contribution < 1.29 is 9.53 Å². The number of ether oxygens (including phenoxy) is 1. The van der Waals surface area contributed by atoms with E-state index in [0.717, 1.165) is 35.8 Å². The molecule has 0 radical (unpaired) electrons. The molecule has 1 atom stereocenters. The number of aryl methyl sites for hydroxylation is 2. The molecule has 5 rings (SSSR count). The molecular weight excluding hydrogens is 406 g/mol. The molecule has 9 nitrogen and oxygen atoms in total. The lowest BCUT2D eigenvalue weighted by Gasteiger charge is -2.32. The fraction of sp³-hybridized carbons (Fsp3) is 0.348. The molecule has 1 amide bonds. The Morgan fingerprint density at radius 1 is 1.19 bits per heavy atom. The van der Waals surface area contributed by atoms with Gasteiger partial charge in [-0.05, 0) is 25.0 Å². The quantitative estimate of drug-likeness (QED) is 0.466. The van der Waals surface area contributed by atoms with Crippen LogP contribution < -0.4 is 0 Å². The van der Waals surface area contributed by atoms with E-state index in [1.807, 2.05) is 28.8 Å². The van der Waals surface area contributed by atoms with Crippen LogP contribution in [-0.4, -0.2) is 53.8 Å². The zero-order chi connectivity index (χ0) is 22.1. The van der Waals surface area contributed by atoms with E-state index in [2.05, 4.69) is 43.8 Å². The molecule has 0 fully saturated rings. The van der Waals surface area contributed by atoms with Gasteiger partial charge in [0, 0.05) is 26.4 Å². The van der Waals surface area contributed by atoms with E-state index in [0.29, 0.717) is 25.3 Å². The van der Waals surface area contributed by atoms with Crippen molar-refractivity contribution in [1.82, 2.24) is 34.2 Å². The van der Waals surface area contributed by atoms with Gasteiger partial charge in [-0.25, -0.2) is 9.97 Å². The summed E-state index contributed by atoms with van der Waals surface area (Å²) in [5.74, 6) is 1.47. The van der Waals surface area contributed by atoms with Gasteiger partial charge in [0.25, 0.3) is 5.91 Å². The monoisotopic (exact) mass is 431 g/mol. The average molecular weight is 432 g/mol. The molecule has 0 unspecified atom stereocenters. The average Bonchev–Trinajstić information content (AvgIpc) is 3.42. The Bertz CT molecular complexity index is 1250. The number of fused-ring (bicyclic) bond motifs is 2. The second kappa shape index (κ2) is 8.51. The van der Waals surface area contributed by atoms with E-state index in [1.165, 1.54) is 5.56 Å². The minimum atomic E-state index is -0.0763. The van der Waals surface area contributed by atoms with E-state index in [4.69, 9.17) is 4.74 Å². The van der Waals surface area contributed by atoms with Crippen LogP contribution >= 0.6 is 0 Å². The van der Waals surface area contributed by atoms with Gasteiger partial charge >= 0.3 is 0 Å². The van der Waals surface area contributed by atoms with Crippen LogP contribution in [0.1, 0.15) is 40.5 Å². The number of imidazole rings is 1. The number of hydrogen-bond donors (Lipinski definition) is 0. The van der Waals surface area contributed by atoms with E-state index in [-0.39, 0.29) is 11.9 Å². The van der Waals surface area contributed by atoms with Crippen molar-refractivity contribution in [2.45, 2.75) is 39.1 Å². The smallest absolute Gasteiger partial charge is 0.255 e. The Kier molecular flexibility index (Phi) is 5.40. The molecule has 0 spiro atoms. The summed E-state index contributed by atoms with van der Waals surface area (Å²) >= 11 is 0. The number of nitrogens with zero attached hydrogens (tertiary/aromatic N) is 7. The summed E-state index contributed by atoms with van der Waals surface area (Å²) in [4.78, 5) is 24.1. The van der Waals surface area contributed by atoms with E-state index in [1.54, 1.807) is 24.5 Å². The van der Waals surface area contributed by atoms with Crippen LogP contribution in [0.2, 0.25) is 0 Å². The molecule has 4 aromatic rings. The zero-order valence-corrected chi connectivity index (χ0v) is 18.2. The molecule has 0 aliphatic carbocycles. The van der Waals surface area contributed by atoms with Crippen molar-refractivity contribution in [1.29, 1.82) is 0 Å². The topological polar surface area (TPSA) is 91.0 Å². The van der Waals surface area contributed by atoms with E-state index in [9.17, 15) is 4.79 Å². The van der Waals surface area contributed by atoms with Crippen molar-refractivity contribution in [3.63, 3.8) is 0 Å². The Labute approximate surface area is 185 Å². The number of pyridine rings is 1. The molecule has 164 valence electrons. The highest BCUT2D eigenvalue weighted by molar-refractivity contribution is 5.96. The Morgan fingerprint density at radius 2 is 2.03 bits per heavy atom. The summed E-state index contributed by atoms with van der Waals surface area (Å²) in [5, 5.41) is 8.47. The number of hydrogen-bond acceptors (Lipinski definition) is 6. The highest BCUT2D eigenvalue weighted by Gasteiger charge is 2.30. The fourth-order valence-corrected chi connectivity index (χ4v) is 4.30. The number of amides is 1. The summed E-state index contributed by atoms with van der Waals surface area (Å²) in [6.07, 6.45) is 4.33. The Balaban J connectivity index is 1.33. The van der Waals surface area contributed by atoms with Crippen LogP contribution in [0, 0.1) is 0 Å². The molecule has 9 heteroatoms. The Morgan fingerprint density at radius 3 is 2.84 bits per heavy atom. The molecule has 0 bridgehead atoms. The van der Waals surface area contributed by atoms with E-state index < -0.39 is 0 Å². The molecule has 3 aromatic heterocycles. The number of carbonyl (C=O) groups excluding carboxylic acids is 1. The van der Waals surface area contributed by atoms with Crippen LogP contribution in [0.5, 0.6) is 0 Å². The van der Waals surface area contributed by atoms with Crippen LogP contribution in [0.15, 0.2) is 48.9 Å². The van der Waals surface area contributed by atoms with Gasteiger partial charge in [0.2, 0.25) is 0 Å². The van der Waals surface area contributed by atoms with Crippen molar-refractivity contribution in [3.05, 3.63) is 71.7 Å². The number of rotatable bonds is 6. The first-order valence-electron chi connectivity index (χ1n) is 10.7. The number of aromatic nitrogens is 6. The first-order valence-corrected chi connectivity index (χ1v) is 10.7. The number of benzene rings is 1. The SMILES string of the molecule is COCc1nnc2n1[C@@H](C)CN(C(=O)c1cnc3c(c1)ncn3CCc1ccccc1)C2. The Hall–Kier alpha value is -3.59. The molecule has 1 aromatic carbocycles. The molecule has 1 aliphatic rings. The summed E-state index contributed by atoms with van der Waals surface area (Å²) in [7, 11) is 1.64. The minimum absolute atomic E-state index is 0.0664. The van der Waals surface area contributed by atoms with Crippen LogP contribution in [0.25, 0.3) is 11.2 Å². The first kappa shape index (κ1) is 20.3. The molecule has 0 saturated carbocycles. The maximum absolute atomic E-state index is 13.2. The fourth-order valence-electron chi connectivity index (χ4n) is 4.30. The van der Waals surface area contributed by atoms with E-state index >= 15 is 0 Å². The predicted molar refractivity (Wildman–Crippen MR) is 118 cm³/mol. The predicted octanol–water partition coefficient (Wildman–Crippen LogP) is 2.63. The van der Waals surface area contributed by atoms with Gasteiger partial charge in [-0.2, -0.15) is 0 Å². The maximum Gasteiger partial charge on any atom is 0.255 e. The van der Waals surface area contributed by atoms with Gasteiger partial charge in [-0.3, -0.25) is 4.79 Å². The van der Waals surface area contributed by atoms with Gasteiger partial charge in [-0.15, -0.1) is 10.2 Å². The minimum Gasteiger partial charge on any atom is -0.377 e. The summed E-state index contributed by atoms with van der Waals surface area (Å²) < 4.78 is 9.29. The normalized spacial score (nSPS) is 15.8. The molecule has 4 heterocycles. The standard InChI is InChI=1S/C23H25N7O2/c1-16-12-29(13-20-26-27-21(14-32-2)30(16)20)23(31)18-10-19-22(24-11-18)28(15-25-19)9-8-17-6-4-3-5-7-17/h3-7,10-11,15-16H,8-9,12-14H2,1-2H3/t16-/m0/s1. The maximum atomic E-state index is 13.2. The van der Waals surface area contributed by atoms with Crippen LogP contribution in [0.3, 0.4) is 0 Å². The third-order valence-corrected chi connectivity index (χ3v) is 5.84. The van der Waals surface area contributed by atoms with Crippen LogP contribution in [0.4, 0.5) is 0 Å². The number of methoxy groups -OCH3 is 1. The molecular formula is C23H25N7O2. The van der Waals surface area contributed by atoms with Crippen molar-refractivity contribution in [3.8, 4) is 0 Å². The second-order valence-corrected chi connectivity index (χ2v) is 8.11. The lowest BCUT2D eigenvalue weighted by atomic mass is 10.1. The second-order valence-electron chi connectivity index (χ2n) is 8.11. The lowest BCUT2D eigenvalue weighted by molar-refractivity contribution is 0.0674. The summed E-state index contributed by atoms with van der Waals surface area (Å²) in [6.45, 7) is 4.22.